The van der Waals surface area contributed by atoms with Crippen molar-refractivity contribution in [3.05, 3.63) is 46.6 Å². The average Bonchev–Trinajstić information content (AvgIpc) is 3.45. The molecule has 0 radical (unpaired) electrons. The molecule has 1 saturated carbocycles. The maximum atomic E-state index is 13.2. The second-order valence-electron chi connectivity index (χ2n) is 10.3. The molecule has 1 amide bonds. The van der Waals surface area contributed by atoms with E-state index in [0.29, 0.717) is 27.1 Å². The summed E-state index contributed by atoms with van der Waals surface area (Å²) in [7, 11) is -3.46. The first-order valence-electron chi connectivity index (χ1n) is 11.0. The van der Waals surface area contributed by atoms with Crippen LogP contribution in [-0.2, 0) is 9.84 Å². The van der Waals surface area contributed by atoms with Gasteiger partial charge < -0.3 is 10.2 Å². The Balaban J connectivity index is 1.55. The number of halogens is 1. The lowest BCUT2D eigenvalue weighted by molar-refractivity contribution is 0.102. The third kappa shape index (κ3) is 5.34. The molecule has 1 spiro atoms. The summed E-state index contributed by atoms with van der Waals surface area (Å²) < 4.78 is 26.2. The smallest absolute Gasteiger partial charge is 0.259 e. The number of carbonyl (C=O) groups is 1. The standard InChI is InChI=1S/C24H30BrN3O3S/c1-23(2,3)16-32(30,31)18-6-4-5-17(15-18)26-22(29)19-7-8-20(25)27-21(19)28-13-11-24(9-10-24)12-14-28/h4-8,15H,9-14,16H2,1-3H3,(H,26,29). The van der Waals surface area contributed by atoms with Gasteiger partial charge >= 0.3 is 0 Å². The average molecular weight is 520 g/mol. The van der Waals surface area contributed by atoms with Crippen molar-refractivity contribution in [3.8, 4) is 0 Å². The Morgan fingerprint density at radius 3 is 2.44 bits per heavy atom. The van der Waals surface area contributed by atoms with E-state index in [4.69, 9.17) is 0 Å². The van der Waals surface area contributed by atoms with Gasteiger partial charge in [0.2, 0.25) is 0 Å². The van der Waals surface area contributed by atoms with Gasteiger partial charge in [0.05, 0.1) is 16.2 Å². The molecule has 1 aromatic heterocycles. The van der Waals surface area contributed by atoms with Gasteiger partial charge in [0, 0.05) is 18.8 Å². The minimum atomic E-state index is -3.46. The van der Waals surface area contributed by atoms with Crippen molar-refractivity contribution < 1.29 is 13.2 Å². The lowest BCUT2D eigenvalue weighted by Crippen LogP contribution is -2.36. The molecule has 1 aromatic carbocycles. The number of hydrogen-bond acceptors (Lipinski definition) is 5. The van der Waals surface area contributed by atoms with Crippen LogP contribution in [0.1, 0.15) is 56.8 Å². The third-order valence-corrected chi connectivity index (χ3v) is 8.90. The highest BCUT2D eigenvalue weighted by molar-refractivity contribution is 9.10. The number of piperidine rings is 1. The number of pyridine rings is 1. The van der Waals surface area contributed by atoms with Gasteiger partial charge in [-0.05, 0) is 82.8 Å². The number of aromatic nitrogens is 1. The summed E-state index contributed by atoms with van der Waals surface area (Å²) in [5.74, 6) is 0.412. The van der Waals surface area contributed by atoms with Crippen LogP contribution in [0.5, 0.6) is 0 Å². The molecule has 32 heavy (non-hydrogen) atoms. The van der Waals surface area contributed by atoms with E-state index in [9.17, 15) is 13.2 Å². The molecule has 2 aliphatic rings. The van der Waals surface area contributed by atoms with Crippen LogP contribution in [0.25, 0.3) is 0 Å². The van der Waals surface area contributed by atoms with E-state index in [2.05, 4.69) is 31.1 Å². The predicted octanol–water partition coefficient (Wildman–Crippen LogP) is 5.30. The molecule has 2 aromatic rings. The Morgan fingerprint density at radius 2 is 1.81 bits per heavy atom. The first-order chi connectivity index (χ1) is 15.0. The van der Waals surface area contributed by atoms with Crippen molar-refractivity contribution in [1.82, 2.24) is 4.98 Å². The van der Waals surface area contributed by atoms with Gasteiger partial charge in [0.1, 0.15) is 10.4 Å². The first-order valence-corrected chi connectivity index (χ1v) is 13.5. The van der Waals surface area contributed by atoms with Crippen LogP contribution in [0.3, 0.4) is 0 Å². The van der Waals surface area contributed by atoms with Crippen LogP contribution in [0.2, 0.25) is 0 Å². The van der Waals surface area contributed by atoms with Gasteiger partial charge in [-0.15, -0.1) is 0 Å². The molecule has 2 fully saturated rings. The number of nitrogens with one attached hydrogen (secondary N) is 1. The van der Waals surface area contributed by atoms with E-state index in [-0.39, 0.29) is 22.0 Å². The fourth-order valence-corrected chi connectivity index (χ4v) is 6.53. The molecule has 0 bridgehead atoms. The van der Waals surface area contributed by atoms with Crippen molar-refractivity contribution in [2.45, 2.75) is 51.3 Å². The zero-order chi connectivity index (χ0) is 23.1. The second-order valence-corrected chi connectivity index (χ2v) is 13.1. The van der Waals surface area contributed by atoms with Gasteiger partial charge in [-0.25, -0.2) is 13.4 Å². The lowest BCUT2D eigenvalue weighted by Gasteiger charge is -2.34. The summed E-state index contributed by atoms with van der Waals surface area (Å²) in [4.78, 5) is 20.2. The van der Waals surface area contributed by atoms with Crippen molar-refractivity contribution in [2.24, 2.45) is 10.8 Å². The molecule has 1 saturated heterocycles. The zero-order valence-electron chi connectivity index (χ0n) is 18.8. The third-order valence-electron chi connectivity index (χ3n) is 6.24. The first kappa shape index (κ1) is 23.2. The number of hydrogen-bond donors (Lipinski definition) is 1. The van der Waals surface area contributed by atoms with Crippen LogP contribution in [-0.4, -0.2) is 38.2 Å². The molecule has 0 unspecified atom stereocenters. The molecular weight excluding hydrogens is 490 g/mol. The molecule has 172 valence electrons. The van der Waals surface area contributed by atoms with Crippen molar-refractivity contribution in [1.29, 1.82) is 0 Å². The summed E-state index contributed by atoms with van der Waals surface area (Å²) in [5, 5.41) is 2.88. The highest BCUT2D eigenvalue weighted by Crippen LogP contribution is 2.54. The molecule has 6 nitrogen and oxygen atoms in total. The highest BCUT2D eigenvalue weighted by Gasteiger charge is 2.44. The normalized spacial score (nSPS) is 17.9. The second kappa shape index (κ2) is 8.45. The van der Waals surface area contributed by atoms with E-state index in [1.165, 1.54) is 18.9 Å². The Kier molecular flexibility index (Phi) is 6.13. The summed E-state index contributed by atoms with van der Waals surface area (Å²) in [6.07, 6.45) is 4.90. The molecule has 2 heterocycles. The van der Waals surface area contributed by atoms with Crippen molar-refractivity contribution in [2.75, 3.05) is 29.1 Å². The van der Waals surface area contributed by atoms with Crippen molar-refractivity contribution in [3.63, 3.8) is 0 Å². The van der Waals surface area contributed by atoms with E-state index in [1.54, 1.807) is 30.3 Å². The van der Waals surface area contributed by atoms with Gasteiger partial charge in [-0.3, -0.25) is 4.79 Å². The molecule has 4 rings (SSSR count). The number of anilines is 2. The summed E-state index contributed by atoms with van der Waals surface area (Å²) in [6.45, 7) is 7.46. The monoisotopic (exact) mass is 519 g/mol. The Hall–Kier alpha value is -1.93. The molecule has 1 aliphatic heterocycles. The molecule has 8 heteroatoms. The minimum Gasteiger partial charge on any atom is -0.356 e. The maximum absolute atomic E-state index is 13.2. The Morgan fingerprint density at radius 1 is 1.12 bits per heavy atom. The highest BCUT2D eigenvalue weighted by atomic mass is 79.9. The fraction of sp³-hybridized carbons (Fsp3) is 0.500. The number of carbonyl (C=O) groups excluding carboxylic acids is 1. The molecule has 1 N–H and O–H groups in total. The fourth-order valence-electron chi connectivity index (χ4n) is 4.33. The van der Waals surface area contributed by atoms with E-state index < -0.39 is 9.84 Å². The summed E-state index contributed by atoms with van der Waals surface area (Å²) in [5.41, 5.74) is 1.12. The predicted molar refractivity (Wildman–Crippen MR) is 131 cm³/mol. The Bertz CT molecular complexity index is 1130. The maximum Gasteiger partial charge on any atom is 0.259 e. The minimum absolute atomic E-state index is 0.0363. The molecule has 1 aliphatic carbocycles. The van der Waals surface area contributed by atoms with E-state index in [1.807, 2.05) is 20.8 Å². The van der Waals surface area contributed by atoms with Crippen LogP contribution >= 0.6 is 15.9 Å². The number of sulfone groups is 1. The van der Waals surface area contributed by atoms with Gasteiger partial charge in [0.15, 0.2) is 9.84 Å². The number of rotatable bonds is 5. The topological polar surface area (TPSA) is 79.4 Å². The molecular formula is C24H30BrN3O3S. The largest absolute Gasteiger partial charge is 0.356 e. The Labute approximate surface area is 198 Å². The van der Waals surface area contributed by atoms with Crippen LogP contribution in [0.15, 0.2) is 45.9 Å². The van der Waals surface area contributed by atoms with Gasteiger partial charge in [-0.2, -0.15) is 0 Å². The quantitative estimate of drug-likeness (QED) is 0.542. The number of nitrogens with zero attached hydrogens (tertiary/aromatic N) is 2. The van der Waals surface area contributed by atoms with Crippen LogP contribution in [0, 0.1) is 10.8 Å². The van der Waals surface area contributed by atoms with E-state index in [0.717, 1.165) is 25.9 Å². The van der Waals surface area contributed by atoms with Gasteiger partial charge in [0.25, 0.3) is 5.91 Å². The SMILES string of the molecule is CC(C)(C)CS(=O)(=O)c1cccc(NC(=O)c2ccc(Br)nc2N2CCC3(CC2)CC3)c1. The summed E-state index contributed by atoms with van der Waals surface area (Å²) in [6, 6.07) is 10.00. The number of benzene rings is 1. The summed E-state index contributed by atoms with van der Waals surface area (Å²) >= 11 is 3.43. The van der Waals surface area contributed by atoms with E-state index >= 15 is 0 Å². The van der Waals surface area contributed by atoms with Crippen LogP contribution in [0.4, 0.5) is 11.5 Å². The molecule has 0 atom stereocenters. The van der Waals surface area contributed by atoms with Crippen molar-refractivity contribution >= 4 is 43.2 Å². The van der Waals surface area contributed by atoms with Crippen LogP contribution < -0.4 is 10.2 Å². The number of amides is 1. The van der Waals surface area contributed by atoms with Gasteiger partial charge in [-0.1, -0.05) is 26.8 Å². The zero-order valence-corrected chi connectivity index (χ0v) is 21.2. The lowest BCUT2D eigenvalue weighted by atomic mass is 9.93.